The molecule has 1 aromatic rings. The van der Waals surface area contributed by atoms with Crippen LogP contribution in [0.4, 0.5) is 4.39 Å². The van der Waals surface area contributed by atoms with Crippen LogP contribution in [0.1, 0.15) is 44.2 Å². The maximum absolute atomic E-state index is 13.5. The first-order valence-corrected chi connectivity index (χ1v) is 8.91. The van der Waals surface area contributed by atoms with Crippen LogP contribution in [-0.4, -0.2) is 20.2 Å². The van der Waals surface area contributed by atoms with E-state index in [1.807, 2.05) is 0 Å². The minimum Gasteiger partial charge on any atom is -0.307 e. The Balaban J connectivity index is 1.88. The lowest BCUT2D eigenvalue weighted by molar-refractivity contribution is 0.224. The zero-order valence-corrected chi connectivity index (χ0v) is 12.4. The van der Waals surface area contributed by atoms with Crippen molar-refractivity contribution < 1.29 is 12.8 Å². The Morgan fingerprint density at radius 1 is 1.30 bits per heavy atom. The predicted octanol–water partition coefficient (Wildman–Crippen LogP) is 2.82. The monoisotopic (exact) mass is 297 g/mol. The van der Waals surface area contributed by atoms with Crippen molar-refractivity contribution in [2.75, 3.05) is 5.75 Å². The van der Waals surface area contributed by atoms with Crippen LogP contribution in [0.5, 0.6) is 0 Å². The normalized spacial score (nSPS) is 26.6. The van der Waals surface area contributed by atoms with Gasteiger partial charge in [-0.3, -0.25) is 0 Å². The van der Waals surface area contributed by atoms with Crippen molar-refractivity contribution >= 4 is 9.84 Å². The highest BCUT2D eigenvalue weighted by molar-refractivity contribution is 7.91. The maximum Gasteiger partial charge on any atom is 0.178 e. The minimum absolute atomic E-state index is 0.0557. The van der Waals surface area contributed by atoms with Crippen molar-refractivity contribution in [3.05, 3.63) is 29.6 Å². The molecule has 1 heterocycles. The van der Waals surface area contributed by atoms with Gasteiger partial charge in [0.1, 0.15) is 5.82 Å². The SMILES string of the molecule is CC(NC1CCS(=O)(=O)c2ccc(F)cc21)C1CCC1. The van der Waals surface area contributed by atoms with Crippen LogP contribution in [0.3, 0.4) is 0 Å². The van der Waals surface area contributed by atoms with Crippen molar-refractivity contribution in [1.29, 1.82) is 0 Å². The standard InChI is InChI=1S/C15H20FNO2S/c1-10(11-3-2-4-11)17-14-7-8-20(18,19)15-6-5-12(16)9-13(14)15/h5-6,9-11,14,17H,2-4,7-8H2,1H3. The summed E-state index contributed by atoms with van der Waals surface area (Å²) < 4.78 is 37.6. The average Bonchev–Trinajstić information content (AvgIpc) is 2.30. The first-order chi connectivity index (χ1) is 9.47. The lowest BCUT2D eigenvalue weighted by atomic mass is 9.80. The Labute approximate surface area is 119 Å². The second-order valence-corrected chi connectivity index (χ2v) is 8.07. The zero-order chi connectivity index (χ0) is 14.3. The Bertz CT molecular complexity index is 610. The summed E-state index contributed by atoms with van der Waals surface area (Å²) in [6.45, 7) is 2.14. The van der Waals surface area contributed by atoms with Crippen LogP contribution in [-0.2, 0) is 9.84 Å². The van der Waals surface area contributed by atoms with Crippen LogP contribution in [0.25, 0.3) is 0 Å². The van der Waals surface area contributed by atoms with Crippen molar-refractivity contribution in [2.24, 2.45) is 5.92 Å². The van der Waals surface area contributed by atoms with E-state index in [4.69, 9.17) is 0 Å². The van der Waals surface area contributed by atoms with Crippen molar-refractivity contribution in [2.45, 2.75) is 49.6 Å². The number of fused-ring (bicyclic) bond motifs is 1. The van der Waals surface area contributed by atoms with Gasteiger partial charge in [0, 0.05) is 12.1 Å². The van der Waals surface area contributed by atoms with Crippen LogP contribution in [0.15, 0.2) is 23.1 Å². The van der Waals surface area contributed by atoms with Gasteiger partial charge in [-0.1, -0.05) is 6.42 Å². The molecule has 0 bridgehead atoms. The number of benzene rings is 1. The van der Waals surface area contributed by atoms with E-state index in [-0.39, 0.29) is 17.6 Å². The van der Waals surface area contributed by atoms with Crippen LogP contribution >= 0.6 is 0 Å². The third-order valence-electron chi connectivity index (χ3n) is 4.68. The van der Waals surface area contributed by atoms with E-state index in [9.17, 15) is 12.8 Å². The van der Waals surface area contributed by atoms with Crippen LogP contribution in [0.2, 0.25) is 0 Å². The summed E-state index contributed by atoms with van der Waals surface area (Å²) in [4.78, 5) is 0.295. The quantitative estimate of drug-likeness (QED) is 0.873. The van der Waals surface area contributed by atoms with E-state index >= 15 is 0 Å². The minimum atomic E-state index is -3.25. The van der Waals surface area contributed by atoms with Gasteiger partial charge in [0.2, 0.25) is 0 Å². The van der Waals surface area contributed by atoms with E-state index in [0.717, 1.165) is 0 Å². The molecule has 1 N–H and O–H groups in total. The molecule has 0 aromatic heterocycles. The summed E-state index contributed by atoms with van der Waals surface area (Å²) in [5.41, 5.74) is 0.599. The molecular weight excluding hydrogens is 277 g/mol. The fourth-order valence-electron chi connectivity index (χ4n) is 3.18. The molecule has 2 atom stereocenters. The van der Waals surface area contributed by atoms with E-state index < -0.39 is 9.84 Å². The molecule has 0 spiro atoms. The van der Waals surface area contributed by atoms with Crippen molar-refractivity contribution in [3.63, 3.8) is 0 Å². The number of halogens is 1. The Morgan fingerprint density at radius 2 is 2.05 bits per heavy atom. The van der Waals surface area contributed by atoms with E-state index in [1.54, 1.807) is 0 Å². The number of hydrogen-bond acceptors (Lipinski definition) is 3. The molecule has 0 amide bonds. The van der Waals surface area contributed by atoms with Gasteiger partial charge in [-0.2, -0.15) is 0 Å². The second kappa shape index (κ2) is 5.11. The van der Waals surface area contributed by atoms with Gasteiger partial charge >= 0.3 is 0 Å². The lowest BCUT2D eigenvalue weighted by Crippen LogP contribution is -2.41. The van der Waals surface area contributed by atoms with Crippen LogP contribution in [0, 0.1) is 11.7 Å². The van der Waals surface area contributed by atoms with Crippen molar-refractivity contribution in [3.8, 4) is 0 Å². The first kappa shape index (κ1) is 14.0. The second-order valence-electron chi connectivity index (χ2n) is 5.99. The number of rotatable bonds is 3. The molecule has 3 rings (SSSR count). The van der Waals surface area contributed by atoms with Gasteiger partial charge in [-0.05, 0) is 55.9 Å². The summed E-state index contributed by atoms with van der Waals surface area (Å²) in [5.74, 6) is 0.440. The largest absolute Gasteiger partial charge is 0.307 e. The zero-order valence-electron chi connectivity index (χ0n) is 11.6. The lowest BCUT2D eigenvalue weighted by Gasteiger charge is -2.36. The molecule has 1 aliphatic heterocycles. The molecular formula is C15H20FNO2S. The van der Waals surface area contributed by atoms with Gasteiger partial charge in [0.25, 0.3) is 0 Å². The van der Waals surface area contributed by atoms with Gasteiger partial charge in [0.15, 0.2) is 9.84 Å². The first-order valence-electron chi connectivity index (χ1n) is 7.25. The molecule has 20 heavy (non-hydrogen) atoms. The highest BCUT2D eigenvalue weighted by Gasteiger charge is 2.33. The summed E-state index contributed by atoms with van der Waals surface area (Å²) in [6, 6.07) is 4.30. The molecule has 1 fully saturated rings. The molecule has 110 valence electrons. The molecule has 1 aromatic carbocycles. The van der Waals surface area contributed by atoms with Gasteiger partial charge in [-0.25, -0.2) is 12.8 Å². The van der Waals surface area contributed by atoms with Crippen LogP contribution < -0.4 is 5.32 Å². The van der Waals surface area contributed by atoms with Gasteiger partial charge < -0.3 is 5.32 Å². The van der Waals surface area contributed by atoms with Crippen molar-refractivity contribution in [1.82, 2.24) is 5.32 Å². The molecule has 3 nitrogen and oxygen atoms in total. The summed E-state index contributed by atoms with van der Waals surface area (Å²) >= 11 is 0. The summed E-state index contributed by atoms with van der Waals surface area (Å²) in [6.07, 6.45) is 4.27. The van der Waals surface area contributed by atoms with Gasteiger partial charge in [-0.15, -0.1) is 0 Å². The molecule has 2 aliphatic rings. The highest BCUT2D eigenvalue weighted by Crippen LogP contribution is 2.35. The molecule has 1 aliphatic carbocycles. The number of hydrogen-bond donors (Lipinski definition) is 1. The van der Waals surface area contributed by atoms with E-state index in [0.29, 0.717) is 28.8 Å². The summed E-state index contributed by atoms with van der Waals surface area (Å²) in [5, 5.41) is 3.51. The predicted molar refractivity (Wildman–Crippen MR) is 75.7 cm³/mol. The third kappa shape index (κ3) is 2.49. The highest BCUT2D eigenvalue weighted by atomic mass is 32.2. The number of nitrogens with one attached hydrogen (secondary N) is 1. The Morgan fingerprint density at radius 3 is 2.70 bits per heavy atom. The Kier molecular flexibility index (Phi) is 3.58. The fourth-order valence-corrected chi connectivity index (χ4v) is 4.78. The molecule has 5 heteroatoms. The fraction of sp³-hybridized carbons (Fsp3) is 0.600. The Hall–Kier alpha value is -0.940. The van der Waals surface area contributed by atoms with E-state index in [1.165, 1.54) is 37.5 Å². The molecule has 0 saturated heterocycles. The molecule has 0 radical (unpaired) electrons. The smallest absolute Gasteiger partial charge is 0.178 e. The van der Waals surface area contributed by atoms with Gasteiger partial charge in [0.05, 0.1) is 10.6 Å². The third-order valence-corrected chi connectivity index (χ3v) is 6.49. The summed E-state index contributed by atoms with van der Waals surface area (Å²) in [7, 11) is -3.25. The maximum atomic E-state index is 13.5. The number of sulfone groups is 1. The molecule has 2 unspecified atom stereocenters. The topological polar surface area (TPSA) is 46.2 Å². The molecule has 1 saturated carbocycles. The average molecular weight is 297 g/mol. The van der Waals surface area contributed by atoms with E-state index in [2.05, 4.69) is 12.2 Å².